The molecular weight excluding hydrogens is 304 g/mol. The van der Waals surface area contributed by atoms with Crippen molar-refractivity contribution in [3.63, 3.8) is 0 Å². The van der Waals surface area contributed by atoms with Gasteiger partial charge >= 0.3 is 0 Å². The number of aryl methyl sites for hydroxylation is 1. The van der Waals surface area contributed by atoms with Gasteiger partial charge in [-0.2, -0.15) is 0 Å². The van der Waals surface area contributed by atoms with Gasteiger partial charge in [0.05, 0.1) is 18.1 Å². The molecule has 2 aliphatic rings. The Morgan fingerprint density at radius 1 is 1.12 bits per heavy atom. The van der Waals surface area contributed by atoms with E-state index in [9.17, 15) is 9.59 Å². The summed E-state index contributed by atoms with van der Waals surface area (Å²) >= 11 is 0. The average Bonchev–Trinajstić information content (AvgIpc) is 2.90. The second kappa shape index (κ2) is 6.55. The van der Waals surface area contributed by atoms with Crippen LogP contribution in [0.15, 0.2) is 18.2 Å². The molecule has 0 spiro atoms. The maximum atomic E-state index is 12.9. The molecule has 5 nitrogen and oxygen atoms in total. The molecule has 0 radical (unpaired) electrons. The van der Waals surface area contributed by atoms with E-state index in [0.717, 1.165) is 16.8 Å². The third-order valence-corrected chi connectivity index (χ3v) is 5.07. The number of rotatable bonds is 2. The Kier molecular flexibility index (Phi) is 4.63. The zero-order valence-electron chi connectivity index (χ0n) is 14.9. The van der Waals surface area contributed by atoms with Crippen molar-refractivity contribution < 1.29 is 14.3 Å². The van der Waals surface area contributed by atoms with Crippen LogP contribution >= 0.6 is 0 Å². The van der Waals surface area contributed by atoms with E-state index in [2.05, 4.69) is 0 Å². The Labute approximate surface area is 143 Å². The van der Waals surface area contributed by atoms with Gasteiger partial charge in [0.1, 0.15) is 0 Å². The van der Waals surface area contributed by atoms with Crippen molar-refractivity contribution in [3.05, 3.63) is 29.3 Å². The van der Waals surface area contributed by atoms with Crippen molar-refractivity contribution in [2.45, 2.75) is 46.3 Å². The van der Waals surface area contributed by atoms with E-state index in [4.69, 9.17) is 4.74 Å². The summed E-state index contributed by atoms with van der Waals surface area (Å²) in [5, 5.41) is 0. The monoisotopic (exact) mass is 330 g/mol. The number of amides is 2. The molecule has 0 bridgehead atoms. The summed E-state index contributed by atoms with van der Waals surface area (Å²) < 4.78 is 5.70. The maximum absolute atomic E-state index is 12.9. The highest BCUT2D eigenvalue weighted by Crippen LogP contribution is 2.30. The minimum absolute atomic E-state index is 0.0383. The minimum Gasteiger partial charge on any atom is -0.372 e. The molecule has 2 fully saturated rings. The first-order valence-corrected chi connectivity index (χ1v) is 8.67. The molecule has 24 heavy (non-hydrogen) atoms. The number of hydrogen-bond acceptors (Lipinski definition) is 3. The summed E-state index contributed by atoms with van der Waals surface area (Å²) in [6.07, 6.45) is 0.390. The smallest absolute Gasteiger partial charge is 0.228 e. The van der Waals surface area contributed by atoms with Crippen LogP contribution in [0.4, 0.5) is 5.69 Å². The Morgan fingerprint density at radius 3 is 2.46 bits per heavy atom. The number of carbonyl (C=O) groups is 2. The fraction of sp³-hybridized carbons (Fsp3) is 0.579. The van der Waals surface area contributed by atoms with Gasteiger partial charge in [0.15, 0.2) is 0 Å². The number of hydrogen-bond donors (Lipinski definition) is 0. The van der Waals surface area contributed by atoms with Crippen LogP contribution in [0.1, 0.15) is 31.4 Å². The van der Waals surface area contributed by atoms with Crippen molar-refractivity contribution in [1.82, 2.24) is 4.90 Å². The average molecular weight is 330 g/mol. The number of carbonyl (C=O) groups excluding carboxylic acids is 2. The van der Waals surface area contributed by atoms with Crippen LogP contribution in [0, 0.1) is 19.8 Å². The van der Waals surface area contributed by atoms with Crippen LogP contribution in [0.5, 0.6) is 0 Å². The lowest BCUT2D eigenvalue weighted by molar-refractivity contribution is -0.147. The van der Waals surface area contributed by atoms with E-state index in [0.29, 0.717) is 26.1 Å². The Morgan fingerprint density at radius 2 is 1.79 bits per heavy atom. The summed E-state index contributed by atoms with van der Waals surface area (Å²) in [6, 6.07) is 5.97. The molecule has 5 heteroatoms. The number of benzene rings is 1. The van der Waals surface area contributed by atoms with E-state index < -0.39 is 0 Å². The van der Waals surface area contributed by atoms with E-state index in [1.165, 1.54) is 0 Å². The topological polar surface area (TPSA) is 49.9 Å². The largest absolute Gasteiger partial charge is 0.372 e. The van der Waals surface area contributed by atoms with Crippen molar-refractivity contribution in [1.29, 1.82) is 0 Å². The van der Waals surface area contributed by atoms with Gasteiger partial charge in [-0.1, -0.05) is 12.1 Å². The SMILES string of the molecule is Cc1cccc(N2CC(C(=O)N3CC(C)OC(C)C3)CC2=O)c1C. The third-order valence-electron chi connectivity index (χ3n) is 5.07. The molecule has 3 rings (SSSR count). The van der Waals surface area contributed by atoms with Crippen LogP contribution in [-0.2, 0) is 14.3 Å². The van der Waals surface area contributed by atoms with Gasteiger partial charge in [-0.3, -0.25) is 9.59 Å². The van der Waals surface area contributed by atoms with Crippen LogP contribution in [0.25, 0.3) is 0 Å². The summed E-state index contributed by atoms with van der Waals surface area (Å²) in [5.41, 5.74) is 3.19. The van der Waals surface area contributed by atoms with Crippen LogP contribution in [0.3, 0.4) is 0 Å². The molecule has 1 aromatic carbocycles. The minimum atomic E-state index is -0.255. The zero-order chi connectivity index (χ0) is 17.4. The van der Waals surface area contributed by atoms with Gasteiger partial charge in [-0.25, -0.2) is 0 Å². The second-order valence-corrected chi connectivity index (χ2v) is 7.12. The van der Waals surface area contributed by atoms with E-state index in [1.54, 1.807) is 4.90 Å². The highest BCUT2D eigenvalue weighted by Gasteiger charge is 2.39. The van der Waals surface area contributed by atoms with Gasteiger partial charge in [0, 0.05) is 31.7 Å². The first-order chi connectivity index (χ1) is 11.4. The Bertz CT molecular complexity index is 648. The summed E-state index contributed by atoms with van der Waals surface area (Å²) in [7, 11) is 0. The van der Waals surface area contributed by atoms with Gasteiger partial charge < -0.3 is 14.5 Å². The van der Waals surface area contributed by atoms with Crippen LogP contribution in [0.2, 0.25) is 0 Å². The number of anilines is 1. The van der Waals surface area contributed by atoms with Crippen LogP contribution < -0.4 is 4.90 Å². The highest BCUT2D eigenvalue weighted by molar-refractivity contribution is 6.01. The quantitative estimate of drug-likeness (QED) is 0.836. The van der Waals surface area contributed by atoms with E-state index >= 15 is 0 Å². The van der Waals surface area contributed by atoms with Crippen molar-refractivity contribution in [3.8, 4) is 0 Å². The molecule has 3 atom stereocenters. The molecule has 2 saturated heterocycles. The Hall–Kier alpha value is -1.88. The second-order valence-electron chi connectivity index (χ2n) is 7.12. The van der Waals surface area contributed by atoms with Crippen LogP contribution in [-0.4, -0.2) is 48.6 Å². The van der Waals surface area contributed by atoms with Gasteiger partial charge in [0.2, 0.25) is 11.8 Å². The fourth-order valence-corrected chi connectivity index (χ4v) is 3.75. The molecule has 0 aromatic heterocycles. The summed E-state index contributed by atoms with van der Waals surface area (Å²) in [4.78, 5) is 29.0. The zero-order valence-corrected chi connectivity index (χ0v) is 14.9. The molecule has 2 heterocycles. The predicted molar refractivity (Wildman–Crippen MR) is 93.0 cm³/mol. The molecule has 0 aliphatic carbocycles. The molecule has 2 amide bonds. The number of morpholine rings is 1. The molecule has 2 aliphatic heterocycles. The normalized spacial score (nSPS) is 27.7. The van der Waals surface area contributed by atoms with Gasteiger partial charge in [-0.15, -0.1) is 0 Å². The van der Waals surface area contributed by atoms with Crippen molar-refractivity contribution in [2.24, 2.45) is 5.92 Å². The van der Waals surface area contributed by atoms with Crippen molar-refractivity contribution in [2.75, 3.05) is 24.5 Å². The highest BCUT2D eigenvalue weighted by atomic mass is 16.5. The predicted octanol–water partition coefficient (Wildman–Crippen LogP) is 2.29. The third kappa shape index (κ3) is 3.18. The molecule has 130 valence electrons. The van der Waals surface area contributed by atoms with Gasteiger partial charge in [0.25, 0.3) is 0 Å². The van der Waals surface area contributed by atoms with Gasteiger partial charge in [-0.05, 0) is 44.9 Å². The first-order valence-electron chi connectivity index (χ1n) is 8.67. The van der Waals surface area contributed by atoms with E-state index in [-0.39, 0.29) is 29.9 Å². The Balaban J connectivity index is 1.75. The lowest BCUT2D eigenvalue weighted by atomic mass is 10.1. The summed E-state index contributed by atoms with van der Waals surface area (Å²) in [6.45, 7) is 9.73. The number of nitrogens with zero attached hydrogens (tertiary/aromatic N) is 2. The molecule has 0 N–H and O–H groups in total. The molecule has 3 unspecified atom stereocenters. The summed E-state index contributed by atoms with van der Waals surface area (Å²) in [5.74, 6) is -0.135. The molecule has 0 saturated carbocycles. The fourth-order valence-electron chi connectivity index (χ4n) is 3.75. The standard InChI is InChI=1S/C19H26N2O3/c1-12-6-5-7-17(15(12)4)21-11-16(8-18(21)22)19(23)20-9-13(2)24-14(3)10-20/h5-7,13-14,16H,8-11H2,1-4H3. The van der Waals surface area contributed by atoms with Crippen molar-refractivity contribution >= 4 is 17.5 Å². The molecular formula is C19H26N2O3. The first kappa shape index (κ1) is 17.0. The molecule has 1 aromatic rings. The maximum Gasteiger partial charge on any atom is 0.228 e. The lowest BCUT2D eigenvalue weighted by Crippen LogP contribution is -2.50. The van der Waals surface area contributed by atoms with E-state index in [1.807, 2.05) is 50.8 Å². The lowest BCUT2D eigenvalue weighted by Gasteiger charge is -2.36. The number of ether oxygens (including phenoxy) is 1.